The summed E-state index contributed by atoms with van der Waals surface area (Å²) in [6, 6.07) is 25.3. The summed E-state index contributed by atoms with van der Waals surface area (Å²) < 4.78 is 3.10. The van der Waals surface area contributed by atoms with E-state index < -0.39 is 17.1 Å². The summed E-state index contributed by atoms with van der Waals surface area (Å²) in [7, 11) is 0. The van der Waals surface area contributed by atoms with Crippen molar-refractivity contribution in [3.8, 4) is 0 Å². The molecule has 1 aliphatic heterocycles. The minimum absolute atomic E-state index is 0.308. The second-order valence-corrected chi connectivity index (χ2v) is 10.3. The molecule has 1 aromatic heterocycles. The molecule has 3 aromatic carbocycles. The van der Waals surface area contributed by atoms with Crippen LogP contribution in [0.1, 0.15) is 16.8 Å². The first kappa shape index (κ1) is 24.1. The van der Waals surface area contributed by atoms with Crippen molar-refractivity contribution in [3.05, 3.63) is 105 Å². The highest BCUT2D eigenvalue weighted by Crippen LogP contribution is 2.35. The van der Waals surface area contributed by atoms with E-state index in [9.17, 15) is 14.4 Å². The SMILES string of the molecule is Cc1c(/C=C2\SC(=O)N(CC(=O)Nc3ccc(Br)cc3)C2=O)c2ccccc2n1Cc1ccccc1. The summed E-state index contributed by atoms with van der Waals surface area (Å²) in [5.74, 6) is -0.897. The van der Waals surface area contributed by atoms with Gasteiger partial charge in [0, 0.05) is 38.9 Å². The minimum atomic E-state index is -0.463. The van der Waals surface area contributed by atoms with Crippen LogP contribution in [0, 0.1) is 6.92 Å². The molecule has 0 spiro atoms. The summed E-state index contributed by atoms with van der Waals surface area (Å²) >= 11 is 4.21. The van der Waals surface area contributed by atoms with Crippen LogP contribution in [0.3, 0.4) is 0 Å². The lowest BCUT2D eigenvalue weighted by atomic mass is 10.1. The standard InChI is InChI=1S/C28H22BrN3O3S/c1-18-23(22-9-5-6-10-24(22)31(18)16-19-7-3-2-4-8-19)15-25-27(34)32(28(35)36-25)17-26(33)30-21-13-11-20(29)12-14-21/h2-15H,16-17H2,1H3,(H,30,33)/b25-15-. The molecule has 2 heterocycles. The Labute approximate surface area is 221 Å². The summed E-state index contributed by atoms with van der Waals surface area (Å²) in [5.41, 5.74) is 4.71. The van der Waals surface area contributed by atoms with Gasteiger partial charge < -0.3 is 9.88 Å². The number of rotatable bonds is 6. The normalized spacial score (nSPS) is 14.7. The quantitative estimate of drug-likeness (QED) is 0.276. The maximum atomic E-state index is 13.1. The van der Waals surface area contributed by atoms with E-state index in [4.69, 9.17) is 0 Å². The van der Waals surface area contributed by atoms with Crippen LogP contribution in [0.4, 0.5) is 10.5 Å². The largest absolute Gasteiger partial charge is 0.340 e. The first-order valence-corrected chi connectivity index (χ1v) is 12.9. The molecule has 8 heteroatoms. The first-order valence-electron chi connectivity index (χ1n) is 11.3. The van der Waals surface area contributed by atoms with Crippen LogP contribution < -0.4 is 5.32 Å². The number of hydrogen-bond acceptors (Lipinski definition) is 4. The first-order chi connectivity index (χ1) is 17.4. The fourth-order valence-electron chi connectivity index (χ4n) is 4.25. The molecule has 0 unspecified atom stereocenters. The van der Waals surface area contributed by atoms with Gasteiger partial charge in [-0.1, -0.05) is 64.5 Å². The predicted octanol–water partition coefficient (Wildman–Crippen LogP) is 6.44. The Kier molecular flexibility index (Phi) is 6.80. The van der Waals surface area contributed by atoms with E-state index in [1.807, 2.05) is 43.3 Å². The molecule has 36 heavy (non-hydrogen) atoms. The number of imide groups is 1. The van der Waals surface area contributed by atoms with Gasteiger partial charge in [-0.25, -0.2) is 0 Å². The van der Waals surface area contributed by atoms with E-state index in [0.29, 0.717) is 17.1 Å². The number of fused-ring (bicyclic) bond motifs is 1. The Hall–Kier alpha value is -3.62. The molecule has 1 aliphatic rings. The summed E-state index contributed by atoms with van der Waals surface area (Å²) in [5, 5.41) is 3.27. The number of aromatic nitrogens is 1. The third-order valence-corrected chi connectivity index (χ3v) is 7.48. The molecule has 4 aromatic rings. The van der Waals surface area contributed by atoms with Crippen molar-refractivity contribution in [3.63, 3.8) is 0 Å². The van der Waals surface area contributed by atoms with Crippen LogP contribution in [0.2, 0.25) is 0 Å². The van der Waals surface area contributed by atoms with E-state index in [2.05, 4.69) is 44.0 Å². The number of benzene rings is 3. The molecular weight excluding hydrogens is 538 g/mol. The van der Waals surface area contributed by atoms with Crippen LogP contribution in [0.25, 0.3) is 17.0 Å². The molecule has 3 amide bonds. The second-order valence-electron chi connectivity index (χ2n) is 8.41. The zero-order valence-electron chi connectivity index (χ0n) is 19.4. The average Bonchev–Trinajstić information content (AvgIpc) is 3.29. The highest BCUT2D eigenvalue weighted by molar-refractivity contribution is 9.10. The van der Waals surface area contributed by atoms with E-state index in [1.165, 1.54) is 5.56 Å². The molecule has 1 saturated heterocycles. The van der Waals surface area contributed by atoms with Crippen LogP contribution in [0.15, 0.2) is 88.2 Å². The molecule has 180 valence electrons. The van der Waals surface area contributed by atoms with Crippen LogP contribution in [-0.4, -0.2) is 33.1 Å². The van der Waals surface area contributed by atoms with E-state index >= 15 is 0 Å². The highest BCUT2D eigenvalue weighted by Gasteiger charge is 2.36. The van der Waals surface area contributed by atoms with Gasteiger partial charge >= 0.3 is 0 Å². The number of anilines is 1. The van der Waals surface area contributed by atoms with Gasteiger partial charge in [0.15, 0.2) is 0 Å². The zero-order valence-corrected chi connectivity index (χ0v) is 21.8. The molecule has 0 aliphatic carbocycles. The van der Waals surface area contributed by atoms with E-state index in [-0.39, 0.29) is 6.54 Å². The smallest absolute Gasteiger partial charge is 0.294 e. The Bertz CT molecular complexity index is 1510. The summed E-state index contributed by atoms with van der Waals surface area (Å²) in [6.07, 6.45) is 1.77. The molecule has 0 saturated carbocycles. The Morgan fingerprint density at radius 3 is 2.42 bits per heavy atom. The second kappa shape index (κ2) is 10.2. The third kappa shape index (κ3) is 4.87. The van der Waals surface area contributed by atoms with Crippen molar-refractivity contribution in [2.45, 2.75) is 13.5 Å². The predicted molar refractivity (Wildman–Crippen MR) is 148 cm³/mol. The highest BCUT2D eigenvalue weighted by atomic mass is 79.9. The lowest BCUT2D eigenvalue weighted by Gasteiger charge is -2.12. The molecule has 6 nitrogen and oxygen atoms in total. The molecular formula is C28H22BrN3O3S. The van der Waals surface area contributed by atoms with Gasteiger partial charge in [0.25, 0.3) is 11.1 Å². The number of amides is 3. The number of hydrogen-bond donors (Lipinski definition) is 1. The van der Waals surface area contributed by atoms with Crippen molar-refractivity contribution < 1.29 is 14.4 Å². The monoisotopic (exact) mass is 559 g/mol. The van der Waals surface area contributed by atoms with Crippen LogP contribution in [0.5, 0.6) is 0 Å². The third-order valence-electron chi connectivity index (χ3n) is 6.04. The van der Waals surface area contributed by atoms with Gasteiger partial charge in [0.2, 0.25) is 5.91 Å². The van der Waals surface area contributed by atoms with Crippen molar-refractivity contribution in [1.29, 1.82) is 0 Å². The fourth-order valence-corrected chi connectivity index (χ4v) is 5.34. The molecule has 1 N–H and O–H groups in total. The molecule has 5 rings (SSSR count). The Morgan fingerprint density at radius 1 is 0.972 bits per heavy atom. The summed E-state index contributed by atoms with van der Waals surface area (Å²) in [6.45, 7) is 2.37. The van der Waals surface area contributed by atoms with Gasteiger partial charge in [-0.15, -0.1) is 0 Å². The van der Waals surface area contributed by atoms with Crippen molar-refractivity contribution >= 4 is 67.4 Å². The van der Waals surface area contributed by atoms with Crippen LogP contribution in [-0.2, 0) is 16.1 Å². The lowest BCUT2D eigenvalue weighted by molar-refractivity contribution is -0.127. The number of halogens is 1. The zero-order chi connectivity index (χ0) is 25.2. The van der Waals surface area contributed by atoms with Gasteiger partial charge in [-0.05, 0) is 60.7 Å². The van der Waals surface area contributed by atoms with Gasteiger partial charge in [-0.3, -0.25) is 19.3 Å². The van der Waals surface area contributed by atoms with Crippen molar-refractivity contribution in [1.82, 2.24) is 9.47 Å². The Balaban J connectivity index is 1.40. The van der Waals surface area contributed by atoms with E-state index in [1.54, 1.807) is 30.3 Å². The maximum Gasteiger partial charge on any atom is 0.294 e. The molecule has 0 radical (unpaired) electrons. The summed E-state index contributed by atoms with van der Waals surface area (Å²) in [4.78, 5) is 39.6. The number of carbonyl (C=O) groups is 3. The molecule has 1 fully saturated rings. The maximum absolute atomic E-state index is 13.1. The number of thioether (sulfide) groups is 1. The van der Waals surface area contributed by atoms with Gasteiger partial charge in [-0.2, -0.15) is 0 Å². The van der Waals surface area contributed by atoms with Gasteiger partial charge in [0.05, 0.1) is 4.91 Å². The fraction of sp³-hybridized carbons (Fsp3) is 0.107. The number of nitrogens with one attached hydrogen (secondary N) is 1. The number of nitrogens with zero attached hydrogens (tertiary/aromatic N) is 2. The minimum Gasteiger partial charge on any atom is -0.340 e. The Morgan fingerprint density at radius 2 is 1.67 bits per heavy atom. The molecule has 0 bridgehead atoms. The van der Waals surface area contributed by atoms with Gasteiger partial charge in [0.1, 0.15) is 6.54 Å². The van der Waals surface area contributed by atoms with Crippen molar-refractivity contribution in [2.24, 2.45) is 0 Å². The van der Waals surface area contributed by atoms with E-state index in [0.717, 1.165) is 43.3 Å². The number of carbonyl (C=O) groups excluding carboxylic acids is 3. The van der Waals surface area contributed by atoms with Crippen LogP contribution >= 0.6 is 27.7 Å². The topological polar surface area (TPSA) is 71.4 Å². The lowest BCUT2D eigenvalue weighted by Crippen LogP contribution is -2.36. The average molecular weight is 560 g/mol. The number of para-hydroxylation sites is 1. The molecule has 0 atom stereocenters. The van der Waals surface area contributed by atoms with Crippen molar-refractivity contribution in [2.75, 3.05) is 11.9 Å².